The summed E-state index contributed by atoms with van der Waals surface area (Å²) in [5.74, 6) is 0.572. The average Bonchev–Trinajstić information content (AvgIpc) is 2.37. The van der Waals surface area contributed by atoms with E-state index < -0.39 is 0 Å². The maximum absolute atomic E-state index is 8.79. The van der Waals surface area contributed by atoms with Gasteiger partial charge in [0.15, 0.2) is 0 Å². The van der Waals surface area contributed by atoms with Gasteiger partial charge in [-0.3, -0.25) is 0 Å². The van der Waals surface area contributed by atoms with Crippen molar-refractivity contribution < 1.29 is 9.47 Å². The first kappa shape index (κ1) is 12.1. The van der Waals surface area contributed by atoms with Gasteiger partial charge in [0.1, 0.15) is 11.0 Å². The Morgan fingerprint density at radius 2 is 2.41 bits per heavy atom. The highest BCUT2D eigenvalue weighted by molar-refractivity contribution is 6.29. The Balaban J connectivity index is 1.94. The molecule has 1 saturated heterocycles. The topological polar surface area (TPSA) is 67.2 Å². The van der Waals surface area contributed by atoms with E-state index in [1.807, 2.05) is 6.07 Å². The molecule has 1 aliphatic heterocycles. The second kappa shape index (κ2) is 5.82. The molecular weight excluding hydrogens is 242 g/mol. The molecule has 1 N–H and O–H groups in total. The first-order valence-corrected chi connectivity index (χ1v) is 5.66. The minimum atomic E-state index is 0.00932. The minimum Gasteiger partial charge on any atom is -0.376 e. The second-order valence-electron chi connectivity index (χ2n) is 3.62. The van der Waals surface area contributed by atoms with Gasteiger partial charge in [-0.15, -0.1) is 0 Å². The van der Waals surface area contributed by atoms with E-state index in [-0.39, 0.29) is 6.10 Å². The highest BCUT2D eigenvalue weighted by Gasteiger charge is 2.14. The number of nitrogens with zero attached hydrogens (tertiary/aromatic N) is 2. The zero-order chi connectivity index (χ0) is 12.1. The van der Waals surface area contributed by atoms with Crippen LogP contribution in [0.1, 0.15) is 5.56 Å². The van der Waals surface area contributed by atoms with E-state index in [1.54, 1.807) is 6.07 Å². The maximum Gasteiger partial charge on any atom is 0.132 e. The first-order valence-electron chi connectivity index (χ1n) is 5.29. The number of pyridine rings is 1. The van der Waals surface area contributed by atoms with Crippen LogP contribution in [0, 0.1) is 11.3 Å². The SMILES string of the molecule is N#Cc1cc(Cl)nc(NCC2COCCO2)c1. The molecule has 2 heterocycles. The molecule has 0 saturated carbocycles. The number of nitrogens with one attached hydrogen (secondary N) is 1. The summed E-state index contributed by atoms with van der Waals surface area (Å²) in [4.78, 5) is 4.07. The highest BCUT2D eigenvalue weighted by Crippen LogP contribution is 2.14. The number of nitriles is 1. The molecule has 0 radical (unpaired) electrons. The molecule has 0 aliphatic carbocycles. The van der Waals surface area contributed by atoms with Crippen LogP contribution in [-0.4, -0.2) is 37.5 Å². The minimum absolute atomic E-state index is 0.00932. The van der Waals surface area contributed by atoms with Gasteiger partial charge in [0.25, 0.3) is 0 Å². The van der Waals surface area contributed by atoms with Gasteiger partial charge in [-0.05, 0) is 12.1 Å². The molecule has 90 valence electrons. The molecule has 0 spiro atoms. The van der Waals surface area contributed by atoms with Crippen molar-refractivity contribution in [1.82, 2.24) is 4.98 Å². The van der Waals surface area contributed by atoms with Crippen LogP contribution >= 0.6 is 11.6 Å². The number of aromatic nitrogens is 1. The Labute approximate surface area is 104 Å². The van der Waals surface area contributed by atoms with Gasteiger partial charge in [-0.2, -0.15) is 5.26 Å². The standard InChI is InChI=1S/C11H12ClN3O2/c12-10-3-8(5-13)4-11(15-10)14-6-9-7-16-1-2-17-9/h3-4,9H,1-2,6-7H2,(H,14,15). The zero-order valence-corrected chi connectivity index (χ0v) is 9.91. The molecule has 2 rings (SSSR count). The monoisotopic (exact) mass is 253 g/mol. The lowest BCUT2D eigenvalue weighted by Gasteiger charge is -2.23. The summed E-state index contributed by atoms with van der Waals surface area (Å²) in [5.41, 5.74) is 0.480. The van der Waals surface area contributed by atoms with Crippen molar-refractivity contribution >= 4 is 17.4 Å². The summed E-state index contributed by atoms with van der Waals surface area (Å²) >= 11 is 5.79. The second-order valence-corrected chi connectivity index (χ2v) is 4.01. The van der Waals surface area contributed by atoms with Crippen LogP contribution in [-0.2, 0) is 9.47 Å². The van der Waals surface area contributed by atoms with E-state index in [2.05, 4.69) is 10.3 Å². The van der Waals surface area contributed by atoms with Crippen molar-refractivity contribution in [2.45, 2.75) is 6.10 Å². The van der Waals surface area contributed by atoms with Crippen molar-refractivity contribution in [3.05, 3.63) is 22.8 Å². The fraction of sp³-hybridized carbons (Fsp3) is 0.455. The Bertz CT molecular complexity index is 427. The number of anilines is 1. The summed E-state index contributed by atoms with van der Waals surface area (Å²) < 4.78 is 10.7. The summed E-state index contributed by atoms with van der Waals surface area (Å²) in [7, 11) is 0. The number of hydrogen-bond acceptors (Lipinski definition) is 5. The zero-order valence-electron chi connectivity index (χ0n) is 9.15. The predicted molar refractivity (Wildman–Crippen MR) is 63.0 cm³/mol. The third-order valence-electron chi connectivity index (χ3n) is 2.32. The molecule has 1 atom stereocenters. The Kier molecular flexibility index (Phi) is 4.15. The van der Waals surface area contributed by atoms with Gasteiger partial charge < -0.3 is 14.8 Å². The van der Waals surface area contributed by atoms with E-state index in [0.29, 0.717) is 42.9 Å². The van der Waals surface area contributed by atoms with Gasteiger partial charge in [-0.25, -0.2) is 4.98 Å². The smallest absolute Gasteiger partial charge is 0.132 e. The number of hydrogen-bond donors (Lipinski definition) is 1. The van der Waals surface area contributed by atoms with Gasteiger partial charge in [0, 0.05) is 6.54 Å². The molecule has 5 nitrogen and oxygen atoms in total. The van der Waals surface area contributed by atoms with E-state index >= 15 is 0 Å². The lowest BCUT2D eigenvalue weighted by molar-refractivity contribution is -0.0819. The fourth-order valence-electron chi connectivity index (χ4n) is 1.52. The molecule has 1 unspecified atom stereocenters. The van der Waals surface area contributed by atoms with Gasteiger partial charge in [-0.1, -0.05) is 11.6 Å². The Morgan fingerprint density at radius 1 is 1.53 bits per heavy atom. The van der Waals surface area contributed by atoms with Crippen molar-refractivity contribution in [2.24, 2.45) is 0 Å². The van der Waals surface area contributed by atoms with Gasteiger partial charge in [0.2, 0.25) is 0 Å². The quantitative estimate of drug-likeness (QED) is 0.826. The van der Waals surface area contributed by atoms with Crippen molar-refractivity contribution in [3.63, 3.8) is 0 Å². The number of rotatable bonds is 3. The molecule has 0 aromatic carbocycles. The van der Waals surface area contributed by atoms with Gasteiger partial charge >= 0.3 is 0 Å². The van der Waals surface area contributed by atoms with E-state index in [9.17, 15) is 0 Å². The maximum atomic E-state index is 8.79. The fourth-order valence-corrected chi connectivity index (χ4v) is 1.73. The Hall–Kier alpha value is -1.35. The summed E-state index contributed by atoms with van der Waals surface area (Å²) in [6.07, 6.45) is 0.00932. The highest BCUT2D eigenvalue weighted by atomic mass is 35.5. The molecule has 1 aliphatic rings. The van der Waals surface area contributed by atoms with Crippen LogP contribution in [0.2, 0.25) is 5.15 Å². The molecule has 1 aromatic rings. The molecule has 1 aromatic heterocycles. The molecule has 0 amide bonds. The van der Waals surface area contributed by atoms with Crippen LogP contribution in [0.4, 0.5) is 5.82 Å². The van der Waals surface area contributed by atoms with Crippen LogP contribution in [0.3, 0.4) is 0 Å². The summed E-state index contributed by atoms with van der Waals surface area (Å²) in [6, 6.07) is 5.19. The molecule has 1 fully saturated rings. The molecule has 17 heavy (non-hydrogen) atoms. The van der Waals surface area contributed by atoms with Crippen LogP contribution < -0.4 is 5.32 Å². The van der Waals surface area contributed by atoms with Crippen LogP contribution in [0.15, 0.2) is 12.1 Å². The van der Waals surface area contributed by atoms with E-state index in [0.717, 1.165) is 0 Å². The van der Waals surface area contributed by atoms with Crippen molar-refractivity contribution in [3.8, 4) is 6.07 Å². The normalized spacial score (nSPS) is 19.6. The van der Waals surface area contributed by atoms with E-state index in [4.69, 9.17) is 26.3 Å². The third-order valence-corrected chi connectivity index (χ3v) is 2.51. The van der Waals surface area contributed by atoms with Gasteiger partial charge in [0.05, 0.1) is 37.6 Å². The largest absolute Gasteiger partial charge is 0.376 e. The summed E-state index contributed by atoms with van der Waals surface area (Å²) in [5, 5.41) is 12.2. The average molecular weight is 254 g/mol. The van der Waals surface area contributed by atoms with E-state index in [1.165, 1.54) is 6.07 Å². The lowest BCUT2D eigenvalue weighted by Crippen LogP contribution is -2.34. The lowest BCUT2D eigenvalue weighted by atomic mass is 10.3. The predicted octanol–water partition coefficient (Wildman–Crippen LogP) is 1.43. The number of ether oxygens (including phenoxy) is 2. The number of halogens is 1. The van der Waals surface area contributed by atoms with Crippen molar-refractivity contribution in [1.29, 1.82) is 5.26 Å². The van der Waals surface area contributed by atoms with Crippen LogP contribution in [0.25, 0.3) is 0 Å². The first-order chi connectivity index (χ1) is 8.28. The summed E-state index contributed by atoms with van der Waals surface area (Å²) in [6.45, 7) is 2.40. The van der Waals surface area contributed by atoms with Crippen LogP contribution in [0.5, 0.6) is 0 Å². The molecular formula is C11H12ClN3O2. The Morgan fingerprint density at radius 3 is 3.12 bits per heavy atom. The molecule has 6 heteroatoms. The molecule has 0 bridgehead atoms. The van der Waals surface area contributed by atoms with Crippen molar-refractivity contribution in [2.75, 3.05) is 31.7 Å². The third kappa shape index (κ3) is 3.56.